The van der Waals surface area contributed by atoms with Crippen LogP contribution < -0.4 is 10.2 Å². The molecule has 3 nitrogen and oxygen atoms in total. The Morgan fingerprint density at radius 2 is 1.57 bits per heavy atom. The number of aryl methyl sites for hydroxylation is 2. The first-order valence-electron chi connectivity index (χ1n) is 9.62. The Bertz CT molecular complexity index is 836. The number of ether oxygens (including phenoxy) is 1. The van der Waals surface area contributed by atoms with Crippen molar-refractivity contribution >= 4 is 12.6 Å². The highest BCUT2D eigenvalue weighted by Gasteiger charge is 2.51. The molecule has 2 aromatic rings. The second-order valence-corrected chi connectivity index (χ2v) is 8.32. The second kappa shape index (κ2) is 7.84. The summed E-state index contributed by atoms with van der Waals surface area (Å²) in [5.41, 5.74) is 2.50. The first-order valence-corrected chi connectivity index (χ1v) is 9.62. The lowest BCUT2D eigenvalue weighted by Gasteiger charge is -2.32. The smallest absolute Gasteiger partial charge is 0.493 e. The highest BCUT2D eigenvalue weighted by atomic mass is 19.2. The average Bonchev–Trinajstić information content (AvgIpc) is 2.86. The molecule has 1 saturated heterocycles. The van der Waals surface area contributed by atoms with E-state index in [1.54, 1.807) is 6.92 Å². The summed E-state index contributed by atoms with van der Waals surface area (Å²) >= 11 is 0. The van der Waals surface area contributed by atoms with E-state index in [0.29, 0.717) is 0 Å². The van der Waals surface area contributed by atoms with Crippen molar-refractivity contribution in [3.8, 4) is 5.75 Å². The maximum absolute atomic E-state index is 12.2. The zero-order chi connectivity index (χ0) is 20.5. The van der Waals surface area contributed by atoms with Crippen molar-refractivity contribution < 1.29 is 22.8 Å². The Balaban J connectivity index is 0.000000211. The normalized spacial score (nSPS) is 19.3. The zero-order valence-electron chi connectivity index (χ0n) is 17.1. The van der Waals surface area contributed by atoms with Crippen LogP contribution in [0.1, 0.15) is 45.2 Å². The van der Waals surface area contributed by atoms with Gasteiger partial charge in [0.2, 0.25) is 0 Å². The molecule has 6 heteroatoms. The Labute approximate surface area is 166 Å². The summed E-state index contributed by atoms with van der Waals surface area (Å²) < 4.78 is 42.1. The molecule has 0 saturated carbocycles. The molecule has 28 heavy (non-hydrogen) atoms. The third kappa shape index (κ3) is 4.39. The minimum atomic E-state index is -0.791. The summed E-state index contributed by atoms with van der Waals surface area (Å²) in [4.78, 5) is 0. The molecule has 2 aliphatic rings. The third-order valence-corrected chi connectivity index (χ3v) is 5.53. The van der Waals surface area contributed by atoms with Gasteiger partial charge in [-0.05, 0) is 82.2 Å². The van der Waals surface area contributed by atoms with Crippen LogP contribution in [0.2, 0.25) is 0 Å². The Hall–Kier alpha value is -1.92. The van der Waals surface area contributed by atoms with Gasteiger partial charge in [0.25, 0.3) is 0 Å². The lowest BCUT2D eigenvalue weighted by atomic mass is 9.78. The van der Waals surface area contributed by atoms with Gasteiger partial charge < -0.3 is 14.0 Å². The van der Waals surface area contributed by atoms with Crippen molar-refractivity contribution in [1.29, 1.82) is 0 Å². The molecule has 0 aromatic heterocycles. The molecule has 2 aromatic carbocycles. The van der Waals surface area contributed by atoms with Gasteiger partial charge in [-0.3, -0.25) is 0 Å². The molecule has 1 fully saturated rings. The van der Waals surface area contributed by atoms with E-state index in [1.165, 1.54) is 11.6 Å². The van der Waals surface area contributed by atoms with Crippen LogP contribution in [0.15, 0.2) is 36.4 Å². The van der Waals surface area contributed by atoms with Crippen LogP contribution in [-0.4, -0.2) is 24.9 Å². The van der Waals surface area contributed by atoms with Gasteiger partial charge >= 0.3 is 7.12 Å². The standard InChI is InChI=1S/C15H21BO3.C7H6F2/c1-14(2)15(3,4)19-16(18-14)12-7-8-13-11(10-12)6-5-9-17-13;1-5-2-3-6(8)7(9)4-5/h7-8,10H,5-6,9H2,1-4H3;2-4H,1H3. The van der Waals surface area contributed by atoms with E-state index in [2.05, 4.69) is 33.8 Å². The fourth-order valence-electron chi connectivity index (χ4n) is 3.11. The molecular weight excluding hydrogens is 361 g/mol. The molecule has 2 aliphatic heterocycles. The molecule has 0 aliphatic carbocycles. The number of halogens is 2. The number of hydrogen-bond acceptors (Lipinski definition) is 3. The number of hydrogen-bond donors (Lipinski definition) is 0. The van der Waals surface area contributed by atoms with E-state index >= 15 is 0 Å². The number of fused-ring (bicyclic) bond motifs is 1. The topological polar surface area (TPSA) is 27.7 Å². The minimum Gasteiger partial charge on any atom is -0.493 e. The molecule has 0 radical (unpaired) electrons. The molecule has 150 valence electrons. The first kappa shape index (κ1) is 20.8. The maximum atomic E-state index is 12.2. The van der Waals surface area contributed by atoms with Gasteiger partial charge in [0.15, 0.2) is 11.6 Å². The molecular formula is C22H27BF2O3. The second-order valence-electron chi connectivity index (χ2n) is 8.32. The van der Waals surface area contributed by atoms with Gasteiger partial charge in [-0.25, -0.2) is 8.78 Å². The predicted molar refractivity (Wildman–Crippen MR) is 107 cm³/mol. The van der Waals surface area contributed by atoms with Crippen LogP contribution in [-0.2, 0) is 15.7 Å². The van der Waals surface area contributed by atoms with Crippen molar-refractivity contribution in [3.05, 3.63) is 59.2 Å². The van der Waals surface area contributed by atoms with E-state index in [9.17, 15) is 8.78 Å². The molecule has 0 unspecified atom stereocenters. The monoisotopic (exact) mass is 388 g/mol. The summed E-state index contributed by atoms with van der Waals surface area (Å²) in [5.74, 6) is -0.567. The zero-order valence-corrected chi connectivity index (χ0v) is 17.1. The van der Waals surface area contributed by atoms with E-state index in [1.807, 2.05) is 12.1 Å². The van der Waals surface area contributed by atoms with E-state index < -0.39 is 11.6 Å². The predicted octanol–water partition coefficient (Wildman–Crippen LogP) is 4.58. The summed E-state index contributed by atoms with van der Waals surface area (Å²) in [5, 5.41) is 0. The highest BCUT2D eigenvalue weighted by Crippen LogP contribution is 2.36. The first-order chi connectivity index (χ1) is 13.1. The summed E-state index contributed by atoms with van der Waals surface area (Å²) in [6, 6.07) is 10.1. The largest absolute Gasteiger partial charge is 0.494 e. The Morgan fingerprint density at radius 1 is 0.893 bits per heavy atom. The van der Waals surface area contributed by atoms with Crippen molar-refractivity contribution in [1.82, 2.24) is 0 Å². The van der Waals surface area contributed by atoms with Crippen molar-refractivity contribution in [3.63, 3.8) is 0 Å². The average molecular weight is 388 g/mol. The maximum Gasteiger partial charge on any atom is 0.494 e. The van der Waals surface area contributed by atoms with E-state index in [-0.39, 0.29) is 18.3 Å². The summed E-state index contributed by atoms with van der Waals surface area (Å²) in [7, 11) is -0.280. The SMILES string of the molecule is CC1(C)OB(c2ccc3c(c2)CCCO3)OC1(C)C.Cc1ccc(F)c(F)c1. The van der Waals surface area contributed by atoms with Gasteiger partial charge in [0.1, 0.15) is 5.75 Å². The van der Waals surface area contributed by atoms with Gasteiger partial charge in [0, 0.05) is 0 Å². The fraction of sp³-hybridized carbons (Fsp3) is 0.455. The molecule has 0 N–H and O–H groups in total. The molecule has 0 atom stereocenters. The Morgan fingerprint density at radius 3 is 2.18 bits per heavy atom. The van der Waals surface area contributed by atoms with Crippen LogP contribution in [0.5, 0.6) is 5.75 Å². The van der Waals surface area contributed by atoms with Gasteiger partial charge in [-0.1, -0.05) is 18.2 Å². The van der Waals surface area contributed by atoms with Crippen molar-refractivity contribution in [2.24, 2.45) is 0 Å². The van der Waals surface area contributed by atoms with Crippen LogP contribution in [0.3, 0.4) is 0 Å². The highest BCUT2D eigenvalue weighted by molar-refractivity contribution is 6.62. The van der Waals surface area contributed by atoms with Crippen LogP contribution in [0.4, 0.5) is 8.78 Å². The van der Waals surface area contributed by atoms with Gasteiger partial charge in [-0.15, -0.1) is 0 Å². The minimum absolute atomic E-state index is 0.280. The molecule has 0 amide bonds. The molecule has 4 rings (SSSR count). The summed E-state index contributed by atoms with van der Waals surface area (Å²) in [6.45, 7) is 10.8. The molecule has 0 bridgehead atoms. The van der Waals surface area contributed by atoms with E-state index in [4.69, 9.17) is 14.0 Å². The lowest BCUT2D eigenvalue weighted by Crippen LogP contribution is -2.41. The molecule has 2 heterocycles. The van der Waals surface area contributed by atoms with Gasteiger partial charge in [-0.2, -0.15) is 0 Å². The summed E-state index contributed by atoms with van der Waals surface area (Å²) in [6.07, 6.45) is 2.16. The third-order valence-electron chi connectivity index (χ3n) is 5.53. The van der Waals surface area contributed by atoms with Crippen LogP contribution >= 0.6 is 0 Å². The van der Waals surface area contributed by atoms with Crippen LogP contribution in [0.25, 0.3) is 0 Å². The van der Waals surface area contributed by atoms with Crippen molar-refractivity contribution in [2.45, 2.75) is 58.7 Å². The molecule has 0 spiro atoms. The van der Waals surface area contributed by atoms with Crippen molar-refractivity contribution in [2.75, 3.05) is 6.61 Å². The number of benzene rings is 2. The van der Waals surface area contributed by atoms with Crippen LogP contribution in [0, 0.1) is 18.6 Å². The number of rotatable bonds is 1. The lowest BCUT2D eigenvalue weighted by molar-refractivity contribution is 0.00578. The Kier molecular flexibility index (Phi) is 5.83. The fourth-order valence-corrected chi connectivity index (χ4v) is 3.11. The van der Waals surface area contributed by atoms with E-state index in [0.717, 1.165) is 48.4 Å². The van der Waals surface area contributed by atoms with Gasteiger partial charge in [0.05, 0.1) is 17.8 Å². The quantitative estimate of drug-likeness (QED) is 0.670.